The topological polar surface area (TPSA) is 79.3 Å². The summed E-state index contributed by atoms with van der Waals surface area (Å²) in [6.45, 7) is 1.28. The van der Waals surface area contributed by atoms with Crippen molar-refractivity contribution >= 4 is 28.6 Å². The Labute approximate surface area is 101 Å². The number of aromatic nitrogens is 1. The summed E-state index contributed by atoms with van der Waals surface area (Å²) in [5.74, 6) is -1.99. The fourth-order valence-electron chi connectivity index (χ4n) is 1.62. The molecule has 0 saturated carbocycles. The number of fused-ring (bicyclic) bond motifs is 1. The molecule has 0 saturated heterocycles. The molecule has 1 aromatic heterocycles. The number of carboxylic acids is 1. The summed E-state index contributed by atoms with van der Waals surface area (Å²) in [4.78, 5) is 26.0. The molecule has 2 N–H and O–H groups in total. The first-order valence-corrected chi connectivity index (χ1v) is 5.08. The highest BCUT2D eigenvalue weighted by molar-refractivity contribution is 6.04. The molecule has 0 fully saturated rings. The predicted molar refractivity (Wildman–Crippen MR) is 63.0 cm³/mol. The number of carbonyl (C=O) groups is 2. The molecule has 0 spiro atoms. The Morgan fingerprint density at radius 2 is 2.06 bits per heavy atom. The van der Waals surface area contributed by atoms with E-state index in [0.29, 0.717) is 5.39 Å². The molecule has 5 nitrogen and oxygen atoms in total. The fraction of sp³-hybridized carbons (Fsp3) is 0.0833. The first kappa shape index (κ1) is 12.0. The number of nitrogens with one attached hydrogen (secondary N) is 1. The molecule has 18 heavy (non-hydrogen) atoms. The second-order valence-electron chi connectivity index (χ2n) is 3.70. The lowest BCUT2D eigenvalue weighted by Crippen LogP contribution is -2.09. The van der Waals surface area contributed by atoms with E-state index in [1.807, 2.05) is 0 Å². The van der Waals surface area contributed by atoms with Crippen LogP contribution in [0.5, 0.6) is 0 Å². The van der Waals surface area contributed by atoms with Crippen molar-refractivity contribution in [1.82, 2.24) is 4.98 Å². The minimum absolute atomic E-state index is 0.0382. The molecule has 0 aliphatic heterocycles. The summed E-state index contributed by atoms with van der Waals surface area (Å²) < 4.78 is 13.1. The first-order chi connectivity index (χ1) is 8.47. The van der Waals surface area contributed by atoms with Crippen molar-refractivity contribution in [2.24, 2.45) is 0 Å². The number of anilines is 1. The molecule has 1 heterocycles. The monoisotopic (exact) mass is 248 g/mol. The zero-order valence-corrected chi connectivity index (χ0v) is 9.40. The zero-order valence-electron chi connectivity index (χ0n) is 9.40. The number of carboxylic acid groups (broad SMARTS) is 1. The van der Waals surface area contributed by atoms with Gasteiger partial charge in [0.25, 0.3) is 0 Å². The summed E-state index contributed by atoms with van der Waals surface area (Å²) in [6, 6.07) is 4.87. The number of aromatic carboxylic acids is 1. The molecule has 2 aromatic rings. The molecular formula is C12H9FN2O3. The number of pyridine rings is 1. The summed E-state index contributed by atoms with van der Waals surface area (Å²) in [5.41, 5.74) is 0.141. The Hall–Kier alpha value is -2.50. The summed E-state index contributed by atoms with van der Waals surface area (Å²) in [6.07, 6.45) is 0. The molecule has 1 amide bonds. The summed E-state index contributed by atoms with van der Waals surface area (Å²) in [7, 11) is 0. The molecule has 2 rings (SSSR count). The maximum atomic E-state index is 13.1. The van der Waals surface area contributed by atoms with E-state index in [-0.39, 0.29) is 22.8 Å². The van der Waals surface area contributed by atoms with E-state index in [1.165, 1.54) is 19.1 Å². The molecule has 1 aromatic carbocycles. The highest BCUT2D eigenvalue weighted by Crippen LogP contribution is 2.21. The second kappa shape index (κ2) is 4.40. The predicted octanol–water partition coefficient (Wildman–Crippen LogP) is 2.03. The van der Waals surface area contributed by atoms with Crippen LogP contribution in [0.2, 0.25) is 0 Å². The van der Waals surface area contributed by atoms with E-state index in [2.05, 4.69) is 10.3 Å². The maximum absolute atomic E-state index is 13.1. The maximum Gasteiger partial charge on any atom is 0.336 e. The SMILES string of the molecule is CC(=O)Nc1cc(C(=O)O)c2ccc(F)cc2n1. The summed E-state index contributed by atoms with van der Waals surface area (Å²) in [5, 5.41) is 11.8. The van der Waals surface area contributed by atoms with Crippen LogP contribution in [0, 0.1) is 5.82 Å². The van der Waals surface area contributed by atoms with Gasteiger partial charge in [-0.15, -0.1) is 0 Å². The van der Waals surface area contributed by atoms with E-state index in [0.717, 1.165) is 12.1 Å². The number of nitrogens with zero attached hydrogens (tertiary/aromatic N) is 1. The van der Waals surface area contributed by atoms with E-state index in [4.69, 9.17) is 5.11 Å². The van der Waals surface area contributed by atoms with Gasteiger partial charge in [-0.25, -0.2) is 14.2 Å². The molecule has 0 bridgehead atoms. The quantitative estimate of drug-likeness (QED) is 0.852. The molecule has 6 heteroatoms. The lowest BCUT2D eigenvalue weighted by Gasteiger charge is -2.07. The van der Waals surface area contributed by atoms with Gasteiger partial charge in [-0.1, -0.05) is 0 Å². The Balaban J connectivity index is 2.70. The van der Waals surface area contributed by atoms with Gasteiger partial charge in [0.2, 0.25) is 5.91 Å². The molecule has 92 valence electrons. The van der Waals surface area contributed by atoms with Crippen LogP contribution in [0.15, 0.2) is 24.3 Å². The van der Waals surface area contributed by atoms with Crippen molar-refractivity contribution in [2.45, 2.75) is 6.92 Å². The number of amides is 1. The lowest BCUT2D eigenvalue weighted by atomic mass is 10.1. The van der Waals surface area contributed by atoms with Gasteiger partial charge in [-0.3, -0.25) is 4.79 Å². The number of carbonyl (C=O) groups excluding carboxylic acids is 1. The average Bonchev–Trinajstić information content (AvgIpc) is 2.26. The van der Waals surface area contributed by atoms with Gasteiger partial charge in [0.15, 0.2) is 0 Å². The third-order valence-electron chi connectivity index (χ3n) is 2.31. The minimum atomic E-state index is -1.17. The standard InChI is InChI=1S/C12H9FN2O3/c1-6(16)14-11-5-9(12(17)18)8-3-2-7(13)4-10(8)15-11/h2-5H,1H3,(H,17,18)(H,14,15,16). The van der Waals surface area contributed by atoms with Crippen LogP contribution in [0.25, 0.3) is 10.9 Å². The highest BCUT2D eigenvalue weighted by Gasteiger charge is 2.12. The van der Waals surface area contributed by atoms with E-state index in [1.54, 1.807) is 0 Å². The molecular weight excluding hydrogens is 239 g/mol. The Morgan fingerprint density at radius 3 is 2.67 bits per heavy atom. The van der Waals surface area contributed by atoms with Gasteiger partial charge >= 0.3 is 5.97 Å². The Morgan fingerprint density at radius 1 is 1.33 bits per heavy atom. The molecule has 0 aliphatic rings. The number of halogens is 1. The summed E-state index contributed by atoms with van der Waals surface area (Å²) >= 11 is 0. The average molecular weight is 248 g/mol. The van der Waals surface area contributed by atoms with Crippen molar-refractivity contribution in [3.63, 3.8) is 0 Å². The van der Waals surface area contributed by atoms with Gasteiger partial charge in [0.1, 0.15) is 11.6 Å². The molecule has 0 unspecified atom stereocenters. The highest BCUT2D eigenvalue weighted by atomic mass is 19.1. The smallest absolute Gasteiger partial charge is 0.336 e. The van der Waals surface area contributed by atoms with Crippen molar-refractivity contribution in [3.8, 4) is 0 Å². The van der Waals surface area contributed by atoms with E-state index < -0.39 is 11.8 Å². The van der Waals surface area contributed by atoms with Crippen LogP contribution in [-0.4, -0.2) is 22.0 Å². The zero-order chi connectivity index (χ0) is 13.3. The van der Waals surface area contributed by atoms with Gasteiger partial charge in [-0.05, 0) is 18.2 Å². The van der Waals surface area contributed by atoms with Crippen molar-refractivity contribution in [2.75, 3.05) is 5.32 Å². The Bertz CT molecular complexity index is 655. The van der Waals surface area contributed by atoms with Crippen LogP contribution in [0.3, 0.4) is 0 Å². The van der Waals surface area contributed by atoms with Crippen LogP contribution >= 0.6 is 0 Å². The van der Waals surface area contributed by atoms with Crippen LogP contribution < -0.4 is 5.32 Å². The largest absolute Gasteiger partial charge is 0.478 e. The van der Waals surface area contributed by atoms with Crippen LogP contribution in [0.4, 0.5) is 10.2 Å². The fourth-order valence-corrected chi connectivity index (χ4v) is 1.62. The number of benzene rings is 1. The van der Waals surface area contributed by atoms with Gasteiger partial charge in [0, 0.05) is 18.4 Å². The van der Waals surface area contributed by atoms with Crippen molar-refractivity contribution in [3.05, 3.63) is 35.6 Å². The molecule has 0 radical (unpaired) electrons. The normalized spacial score (nSPS) is 10.3. The van der Waals surface area contributed by atoms with Crippen LogP contribution in [-0.2, 0) is 4.79 Å². The number of rotatable bonds is 2. The van der Waals surface area contributed by atoms with Gasteiger partial charge in [-0.2, -0.15) is 0 Å². The van der Waals surface area contributed by atoms with Crippen molar-refractivity contribution in [1.29, 1.82) is 0 Å². The second-order valence-corrected chi connectivity index (χ2v) is 3.70. The van der Waals surface area contributed by atoms with Gasteiger partial charge in [0.05, 0.1) is 11.1 Å². The van der Waals surface area contributed by atoms with Crippen LogP contribution in [0.1, 0.15) is 17.3 Å². The first-order valence-electron chi connectivity index (χ1n) is 5.08. The van der Waals surface area contributed by atoms with Crippen molar-refractivity contribution < 1.29 is 19.1 Å². The van der Waals surface area contributed by atoms with E-state index >= 15 is 0 Å². The molecule has 0 atom stereocenters. The third kappa shape index (κ3) is 2.27. The third-order valence-corrected chi connectivity index (χ3v) is 2.31. The molecule has 0 aliphatic carbocycles. The number of hydrogen-bond donors (Lipinski definition) is 2. The number of hydrogen-bond acceptors (Lipinski definition) is 3. The lowest BCUT2D eigenvalue weighted by molar-refractivity contribution is -0.114. The van der Waals surface area contributed by atoms with E-state index in [9.17, 15) is 14.0 Å². The minimum Gasteiger partial charge on any atom is -0.478 e. The Kier molecular flexibility index (Phi) is 2.93. The van der Waals surface area contributed by atoms with Gasteiger partial charge < -0.3 is 10.4 Å².